The maximum absolute atomic E-state index is 6.31. The van der Waals surface area contributed by atoms with Gasteiger partial charge in [0.25, 0.3) is 0 Å². The molecule has 1 unspecified atom stereocenters. The maximum atomic E-state index is 6.31. The third kappa shape index (κ3) is 3.89. The molecule has 0 bridgehead atoms. The van der Waals surface area contributed by atoms with E-state index in [-0.39, 0.29) is 0 Å². The van der Waals surface area contributed by atoms with E-state index in [1.165, 1.54) is 22.3 Å². The van der Waals surface area contributed by atoms with Crippen LogP contribution in [0.2, 0.25) is 5.02 Å². The number of halogens is 1. The molecule has 0 N–H and O–H groups in total. The van der Waals surface area contributed by atoms with E-state index in [1.54, 1.807) is 0 Å². The van der Waals surface area contributed by atoms with Gasteiger partial charge in [0.2, 0.25) is 0 Å². The van der Waals surface area contributed by atoms with Crippen LogP contribution >= 0.6 is 11.6 Å². The predicted octanol–water partition coefficient (Wildman–Crippen LogP) is 6.37. The molecule has 0 saturated heterocycles. The fourth-order valence-electron chi connectivity index (χ4n) is 2.97. The third-order valence-electron chi connectivity index (χ3n) is 4.19. The van der Waals surface area contributed by atoms with Gasteiger partial charge in [0, 0.05) is 5.02 Å². The number of benzene rings is 2. The Morgan fingerprint density at radius 2 is 1.67 bits per heavy atom. The van der Waals surface area contributed by atoms with Gasteiger partial charge in [-0.2, -0.15) is 0 Å². The Balaban J connectivity index is 2.24. The highest BCUT2D eigenvalue weighted by Gasteiger charge is 2.12. The molecule has 1 heteroatoms. The average Bonchev–Trinajstić information content (AvgIpc) is 2.47. The Labute approximate surface area is 134 Å². The molecule has 0 aliphatic carbocycles. The first-order valence-corrected chi connectivity index (χ1v) is 8.26. The van der Waals surface area contributed by atoms with E-state index >= 15 is 0 Å². The van der Waals surface area contributed by atoms with Crippen LogP contribution in [0.5, 0.6) is 0 Å². The fourth-order valence-corrected chi connectivity index (χ4v) is 3.29. The lowest BCUT2D eigenvalue weighted by Crippen LogP contribution is -2.02. The topological polar surface area (TPSA) is 0 Å². The molecule has 0 radical (unpaired) electrons. The molecule has 0 aliphatic rings. The van der Waals surface area contributed by atoms with E-state index in [1.807, 2.05) is 12.1 Å². The Kier molecular flexibility index (Phi) is 5.47. The Hall–Kier alpha value is -1.27. The summed E-state index contributed by atoms with van der Waals surface area (Å²) in [6.07, 6.45) is 2.14. The van der Waals surface area contributed by atoms with E-state index < -0.39 is 0 Å². The number of hydrogen-bond acceptors (Lipinski definition) is 0. The summed E-state index contributed by atoms with van der Waals surface area (Å²) in [7, 11) is 0. The molecule has 0 spiro atoms. The minimum Gasteiger partial charge on any atom is -0.0840 e. The molecule has 0 aromatic heterocycles. The smallest absolute Gasteiger partial charge is 0.0440 e. The van der Waals surface area contributed by atoms with Crippen molar-refractivity contribution in [3.8, 4) is 0 Å². The van der Waals surface area contributed by atoms with Crippen LogP contribution in [0.1, 0.15) is 61.8 Å². The van der Waals surface area contributed by atoms with E-state index in [2.05, 4.69) is 58.0 Å². The first-order valence-electron chi connectivity index (χ1n) is 7.89. The van der Waals surface area contributed by atoms with Crippen LogP contribution in [0, 0.1) is 0 Å². The van der Waals surface area contributed by atoms with Crippen LogP contribution in [0.4, 0.5) is 0 Å². The van der Waals surface area contributed by atoms with Gasteiger partial charge in [-0.15, -0.1) is 0 Å². The molecule has 0 aliphatic heterocycles. The highest BCUT2D eigenvalue weighted by Crippen LogP contribution is 2.29. The minimum absolute atomic E-state index is 0.436. The van der Waals surface area contributed by atoms with Crippen molar-refractivity contribution in [2.75, 3.05) is 0 Å². The molecule has 2 aromatic carbocycles. The van der Waals surface area contributed by atoms with Gasteiger partial charge in [-0.3, -0.25) is 0 Å². The van der Waals surface area contributed by atoms with Crippen molar-refractivity contribution < 1.29 is 0 Å². The van der Waals surface area contributed by atoms with Crippen LogP contribution < -0.4 is 0 Å². The van der Waals surface area contributed by atoms with Crippen LogP contribution in [0.15, 0.2) is 42.5 Å². The van der Waals surface area contributed by atoms with Gasteiger partial charge in [0.1, 0.15) is 0 Å². The summed E-state index contributed by atoms with van der Waals surface area (Å²) in [5, 5.41) is 0.874. The Morgan fingerprint density at radius 1 is 0.952 bits per heavy atom. The lowest BCUT2D eigenvalue weighted by molar-refractivity contribution is 0.753. The fraction of sp³-hybridized carbons (Fsp3) is 0.400. The van der Waals surface area contributed by atoms with Crippen LogP contribution in [0.25, 0.3) is 0 Å². The monoisotopic (exact) mass is 300 g/mol. The molecule has 112 valence electrons. The van der Waals surface area contributed by atoms with Crippen molar-refractivity contribution in [2.24, 2.45) is 0 Å². The molecular formula is C20H25Cl. The normalized spacial score (nSPS) is 12.7. The number of aryl methyl sites for hydroxylation is 1. The standard InChI is InChI=1S/C20H25Cl/c1-5-17-11-10-16(13-19(17)14(2)3)12-15(4)18-8-6-7-9-20(18)21/h6-11,13-15H,5,12H2,1-4H3. The molecule has 1 atom stereocenters. The van der Waals surface area contributed by atoms with Crippen molar-refractivity contribution in [1.29, 1.82) is 0 Å². The lowest BCUT2D eigenvalue weighted by atomic mass is 9.89. The summed E-state index contributed by atoms with van der Waals surface area (Å²) in [6.45, 7) is 9.03. The second-order valence-corrected chi connectivity index (χ2v) is 6.58. The molecule has 2 aromatic rings. The average molecular weight is 301 g/mol. The lowest BCUT2D eigenvalue weighted by Gasteiger charge is -2.17. The summed E-state index contributed by atoms with van der Waals surface area (Å²) < 4.78 is 0. The molecule has 0 heterocycles. The van der Waals surface area contributed by atoms with Gasteiger partial charge in [-0.1, -0.05) is 75.7 Å². The number of hydrogen-bond donors (Lipinski definition) is 0. The zero-order chi connectivity index (χ0) is 15.4. The quantitative estimate of drug-likeness (QED) is 0.601. The van der Waals surface area contributed by atoms with Crippen molar-refractivity contribution >= 4 is 11.6 Å². The van der Waals surface area contributed by atoms with Crippen molar-refractivity contribution in [1.82, 2.24) is 0 Å². The summed E-state index contributed by atoms with van der Waals surface area (Å²) >= 11 is 6.31. The zero-order valence-electron chi connectivity index (χ0n) is 13.5. The Morgan fingerprint density at radius 3 is 2.29 bits per heavy atom. The highest BCUT2D eigenvalue weighted by molar-refractivity contribution is 6.31. The molecule has 2 rings (SSSR count). The first-order chi connectivity index (χ1) is 10.0. The maximum Gasteiger partial charge on any atom is 0.0440 e. The summed E-state index contributed by atoms with van der Waals surface area (Å²) in [5.41, 5.74) is 5.61. The van der Waals surface area contributed by atoms with Gasteiger partial charge in [0.15, 0.2) is 0 Å². The van der Waals surface area contributed by atoms with E-state index in [4.69, 9.17) is 11.6 Å². The highest BCUT2D eigenvalue weighted by atomic mass is 35.5. The van der Waals surface area contributed by atoms with Crippen LogP contribution in [-0.2, 0) is 12.8 Å². The SMILES string of the molecule is CCc1ccc(CC(C)c2ccccc2Cl)cc1C(C)C. The summed E-state index contributed by atoms with van der Waals surface area (Å²) in [5.74, 6) is 1.02. The van der Waals surface area contributed by atoms with Crippen molar-refractivity contribution in [3.05, 3.63) is 69.7 Å². The summed E-state index contributed by atoms with van der Waals surface area (Å²) in [4.78, 5) is 0. The minimum atomic E-state index is 0.436. The number of rotatable bonds is 5. The van der Waals surface area contributed by atoms with Gasteiger partial charge in [-0.05, 0) is 53.0 Å². The molecule has 0 fully saturated rings. The molecular weight excluding hydrogens is 276 g/mol. The molecule has 0 nitrogen and oxygen atoms in total. The van der Waals surface area contributed by atoms with Gasteiger partial charge < -0.3 is 0 Å². The predicted molar refractivity (Wildman–Crippen MR) is 93.5 cm³/mol. The van der Waals surface area contributed by atoms with E-state index in [9.17, 15) is 0 Å². The molecule has 21 heavy (non-hydrogen) atoms. The van der Waals surface area contributed by atoms with E-state index in [0.717, 1.165) is 17.9 Å². The molecule has 0 amide bonds. The Bertz CT molecular complexity index is 599. The third-order valence-corrected chi connectivity index (χ3v) is 4.54. The van der Waals surface area contributed by atoms with Crippen LogP contribution in [-0.4, -0.2) is 0 Å². The largest absolute Gasteiger partial charge is 0.0840 e. The zero-order valence-corrected chi connectivity index (χ0v) is 14.2. The molecule has 0 saturated carbocycles. The first kappa shape index (κ1) is 16.1. The van der Waals surface area contributed by atoms with E-state index in [0.29, 0.717) is 11.8 Å². The van der Waals surface area contributed by atoms with Gasteiger partial charge in [-0.25, -0.2) is 0 Å². The summed E-state index contributed by atoms with van der Waals surface area (Å²) in [6, 6.07) is 15.1. The van der Waals surface area contributed by atoms with Crippen molar-refractivity contribution in [3.63, 3.8) is 0 Å². The van der Waals surface area contributed by atoms with Gasteiger partial charge in [0.05, 0.1) is 0 Å². The van der Waals surface area contributed by atoms with Crippen LogP contribution in [0.3, 0.4) is 0 Å². The second-order valence-electron chi connectivity index (χ2n) is 6.17. The second kappa shape index (κ2) is 7.13. The van der Waals surface area contributed by atoms with Gasteiger partial charge >= 0.3 is 0 Å². The van der Waals surface area contributed by atoms with Crippen molar-refractivity contribution in [2.45, 2.75) is 52.4 Å².